The Morgan fingerprint density at radius 3 is 2.59 bits per heavy atom. The largest absolute Gasteiger partial charge is 0.487 e. The highest BCUT2D eigenvalue weighted by atomic mass is 35.5. The van der Waals surface area contributed by atoms with Gasteiger partial charge in [-0.3, -0.25) is 9.59 Å². The average molecular weight is 328 g/mol. The van der Waals surface area contributed by atoms with Crippen molar-refractivity contribution in [1.29, 1.82) is 0 Å². The summed E-state index contributed by atoms with van der Waals surface area (Å²) in [6.07, 6.45) is 2.10. The van der Waals surface area contributed by atoms with Crippen LogP contribution in [0.2, 0.25) is 5.02 Å². The van der Waals surface area contributed by atoms with Gasteiger partial charge in [0.15, 0.2) is 0 Å². The molecule has 0 spiro atoms. The maximum atomic E-state index is 11.7. The summed E-state index contributed by atoms with van der Waals surface area (Å²) in [4.78, 5) is 22.1. The molecule has 1 rings (SSSR count). The van der Waals surface area contributed by atoms with E-state index in [2.05, 4.69) is 5.32 Å². The third-order valence-electron chi connectivity index (χ3n) is 3.16. The zero-order valence-corrected chi connectivity index (χ0v) is 13.4. The third-order valence-corrected chi connectivity index (χ3v) is 3.47. The summed E-state index contributed by atoms with van der Waals surface area (Å²) in [7, 11) is 0. The zero-order valence-electron chi connectivity index (χ0n) is 12.7. The molecule has 122 valence electrons. The molecule has 0 bridgehead atoms. The van der Waals surface area contributed by atoms with Gasteiger partial charge in [-0.25, -0.2) is 0 Å². The lowest BCUT2D eigenvalue weighted by molar-refractivity contribution is -0.137. The van der Waals surface area contributed by atoms with Gasteiger partial charge in [-0.1, -0.05) is 30.7 Å². The molecule has 0 saturated heterocycles. The Balaban J connectivity index is 2.30. The first-order chi connectivity index (χ1) is 10.5. The Morgan fingerprint density at radius 2 is 1.95 bits per heavy atom. The van der Waals surface area contributed by atoms with Gasteiger partial charge in [0.1, 0.15) is 11.9 Å². The quantitative estimate of drug-likeness (QED) is 0.647. The molecule has 2 N–H and O–H groups in total. The second-order valence-electron chi connectivity index (χ2n) is 4.98. The Labute approximate surface area is 135 Å². The second kappa shape index (κ2) is 10.1. The van der Waals surface area contributed by atoms with Crippen LogP contribution in [0.25, 0.3) is 0 Å². The molecule has 0 aromatic heterocycles. The third kappa shape index (κ3) is 7.31. The normalized spacial score (nSPS) is 11.7. The number of benzene rings is 1. The highest BCUT2D eigenvalue weighted by Crippen LogP contribution is 2.24. The molecule has 0 aliphatic rings. The zero-order chi connectivity index (χ0) is 16.4. The number of hydrogen-bond donors (Lipinski definition) is 2. The molecule has 6 heteroatoms. The van der Waals surface area contributed by atoms with E-state index < -0.39 is 5.97 Å². The van der Waals surface area contributed by atoms with Crippen molar-refractivity contribution in [3.05, 3.63) is 29.3 Å². The van der Waals surface area contributed by atoms with E-state index in [4.69, 9.17) is 21.4 Å². The van der Waals surface area contributed by atoms with Gasteiger partial charge in [0, 0.05) is 12.8 Å². The molecule has 1 aromatic rings. The molecule has 0 aliphatic heterocycles. The standard InChI is InChI=1S/C16H22ClNO4/c1-2-12(22-14-8-4-3-7-13(14)17)11-18-15(19)9-5-6-10-16(20)21/h3-4,7-8,12H,2,5-6,9-11H2,1H3,(H,18,19)(H,20,21). The highest BCUT2D eigenvalue weighted by molar-refractivity contribution is 6.32. The van der Waals surface area contributed by atoms with Gasteiger partial charge in [-0.15, -0.1) is 0 Å². The van der Waals surface area contributed by atoms with Crippen molar-refractivity contribution >= 4 is 23.5 Å². The van der Waals surface area contributed by atoms with Gasteiger partial charge in [0.25, 0.3) is 0 Å². The minimum Gasteiger partial charge on any atom is -0.487 e. The molecule has 0 saturated carbocycles. The molecular formula is C16H22ClNO4. The number of rotatable bonds is 10. The van der Waals surface area contributed by atoms with Crippen LogP contribution in [0.15, 0.2) is 24.3 Å². The smallest absolute Gasteiger partial charge is 0.303 e. The molecule has 5 nitrogen and oxygen atoms in total. The molecular weight excluding hydrogens is 306 g/mol. The number of carboxylic acid groups (broad SMARTS) is 1. The molecule has 1 atom stereocenters. The van der Waals surface area contributed by atoms with E-state index >= 15 is 0 Å². The maximum Gasteiger partial charge on any atom is 0.303 e. The van der Waals surface area contributed by atoms with E-state index in [1.165, 1.54) is 0 Å². The van der Waals surface area contributed by atoms with Crippen molar-refractivity contribution in [3.8, 4) is 5.75 Å². The highest BCUT2D eigenvalue weighted by Gasteiger charge is 2.12. The van der Waals surface area contributed by atoms with Gasteiger partial charge >= 0.3 is 5.97 Å². The number of nitrogens with one attached hydrogen (secondary N) is 1. The summed E-state index contributed by atoms with van der Waals surface area (Å²) in [6, 6.07) is 7.22. The van der Waals surface area contributed by atoms with Crippen LogP contribution in [0.1, 0.15) is 39.0 Å². The van der Waals surface area contributed by atoms with E-state index in [9.17, 15) is 9.59 Å². The van der Waals surface area contributed by atoms with E-state index in [1.54, 1.807) is 12.1 Å². The van der Waals surface area contributed by atoms with Crippen molar-refractivity contribution in [3.63, 3.8) is 0 Å². The predicted molar refractivity (Wildman–Crippen MR) is 85.3 cm³/mol. The van der Waals surface area contributed by atoms with Gasteiger partial charge in [0.2, 0.25) is 5.91 Å². The van der Waals surface area contributed by atoms with Crippen LogP contribution in [0.4, 0.5) is 0 Å². The minimum absolute atomic E-state index is 0.0911. The van der Waals surface area contributed by atoms with Crippen molar-refractivity contribution in [2.75, 3.05) is 6.54 Å². The minimum atomic E-state index is -0.834. The monoisotopic (exact) mass is 327 g/mol. The van der Waals surface area contributed by atoms with Crippen molar-refractivity contribution < 1.29 is 19.4 Å². The van der Waals surface area contributed by atoms with Gasteiger partial charge in [-0.05, 0) is 31.4 Å². The average Bonchev–Trinajstić information content (AvgIpc) is 2.49. The number of halogens is 1. The van der Waals surface area contributed by atoms with Crippen LogP contribution in [-0.2, 0) is 9.59 Å². The van der Waals surface area contributed by atoms with Crippen LogP contribution < -0.4 is 10.1 Å². The Morgan fingerprint density at radius 1 is 1.27 bits per heavy atom. The summed E-state index contributed by atoms with van der Waals surface area (Å²) in [5, 5.41) is 11.9. The van der Waals surface area contributed by atoms with Gasteiger partial charge < -0.3 is 15.2 Å². The lowest BCUT2D eigenvalue weighted by atomic mass is 10.2. The molecule has 0 aliphatic carbocycles. The first-order valence-corrected chi connectivity index (χ1v) is 7.80. The summed E-state index contributed by atoms with van der Waals surface area (Å²) >= 11 is 6.04. The predicted octanol–water partition coefficient (Wildman–Crippen LogP) is 3.26. The van der Waals surface area contributed by atoms with Gasteiger partial charge in [0.05, 0.1) is 11.6 Å². The molecule has 1 unspecified atom stereocenters. The lowest BCUT2D eigenvalue weighted by Crippen LogP contribution is -2.34. The Hall–Kier alpha value is -1.75. The number of carbonyl (C=O) groups is 2. The molecule has 0 heterocycles. The van der Waals surface area contributed by atoms with Crippen LogP contribution in [-0.4, -0.2) is 29.6 Å². The summed E-state index contributed by atoms with van der Waals surface area (Å²) in [5.74, 6) is -0.321. The number of carbonyl (C=O) groups excluding carboxylic acids is 1. The van der Waals surface area contributed by atoms with Gasteiger partial charge in [-0.2, -0.15) is 0 Å². The fourth-order valence-corrected chi connectivity index (χ4v) is 2.05. The fourth-order valence-electron chi connectivity index (χ4n) is 1.87. The topological polar surface area (TPSA) is 75.6 Å². The van der Waals surface area contributed by atoms with Crippen LogP contribution in [0.3, 0.4) is 0 Å². The molecule has 22 heavy (non-hydrogen) atoms. The molecule has 0 radical (unpaired) electrons. The fraction of sp³-hybridized carbons (Fsp3) is 0.500. The van der Waals surface area contributed by atoms with Crippen molar-refractivity contribution in [1.82, 2.24) is 5.32 Å². The van der Waals surface area contributed by atoms with Crippen molar-refractivity contribution in [2.24, 2.45) is 0 Å². The number of unbranched alkanes of at least 4 members (excludes halogenated alkanes) is 1. The maximum absolute atomic E-state index is 11.7. The second-order valence-corrected chi connectivity index (χ2v) is 5.39. The van der Waals surface area contributed by atoms with E-state index in [1.807, 2.05) is 19.1 Å². The number of carboxylic acids is 1. The van der Waals surface area contributed by atoms with E-state index in [-0.39, 0.29) is 18.4 Å². The lowest BCUT2D eigenvalue weighted by Gasteiger charge is -2.19. The number of amides is 1. The SMILES string of the molecule is CCC(CNC(=O)CCCCC(=O)O)Oc1ccccc1Cl. The van der Waals surface area contributed by atoms with Crippen LogP contribution in [0.5, 0.6) is 5.75 Å². The number of hydrogen-bond acceptors (Lipinski definition) is 3. The summed E-state index contributed by atoms with van der Waals surface area (Å²) in [5.41, 5.74) is 0. The first kappa shape index (κ1) is 18.3. The number of aliphatic carboxylic acids is 1. The Kier molecular flexibility index (Phi) is 8.36. The first-order valence-electron chi connectivity index (χ1n) is 7.42. The van der Waals surface area contributed by atoms with E-state index in [0.29, 0.717) is 36.6 Å². The molecule has 1 amide bonds. The van der Waals surface area contributed by atoms with Crippen LogP contribution >= 0.6 is 11.6 Å². The summed E-state index contributed by atoms with van der Waals surface area (Å²) < 4.78 is 5.78. The molecule has 0 fully saturated rings. The van der Waals surface area contributed by atoms with Crippen molar-refractivity contribution in [2.45, 2.75) is 45.1 Å². The van der Waals surface area contributed by atoms with Crippen LogP contribution in [0, 0.1) is 0 Å². The van der Waals surface area contributed by atoms with E-state index in [0.717, 1.165) is 6.42 Å². The molecule has 1 aromatic carbocycles. The Bertz CT molecular complexity index is 493. The number of para-hydroxylation sites is 1. The number of ether oxygens (including phenoxy) is 1. The summed E-state index contributed by atoms with van der Waals surface area (Å²) in [6.45, 7) is 2.38.